The van der Waals surface area contributed by atoms with Crippen LogP contribution in [0.5, 0.6) is 5.75 Å². The molecule has 0 amide bonds. The van der Waals surface area contributed by atoms with E-state index >= 15 is 0 Å². The first kappa shape index (κ1) is 16.8. The van der Waals surface area contributed by atoms with Crippen LogP contribution in [0.2, 0.25) is 10.0 Å². The zero-order valence-corrected chi connectivity index (χ0v) is 14.3. The van der Waals surface area contributed by atoms with Crippen molar-refractivity contribution in [3.63, 3.8) is 0 Å². The van der Waals surface area contributed by atoms with Crippen LogP contribution in [0.1, 0.15) is 0 Å². The zero-order valence-electron chi connectivity index (χ0n) is 11.9. The number of halogens is 2. The predicted molar refractivity (Wildman–Crippen MR) is 98.6 cm³/mol. The Bertz CT molecular complexity index is 742. The van der Waals surface area contributed by atoms with E-state index in [-0.39, 0.29) is 0 Å². The van der Waals surface area contributed by atoms with E-state index in [0.29, 0.717) is 10.0 Å². The number of anilines is 1. The van der Waals surface area contributed by atoms with E-state index in [9.17, 15) is 0 Å². The monoisotopic (exact) mass is 351 g/mol. The second-order valence-corrected chi connectivity index (χ2v) is 5.92. The van der Waals surface area contributed by atoms with Crippen molar-refractivity contribution in [3.05, 3.63) is 64.6 Å². The van der Waals surface area contributed by atoms with Crippen molar-refractivity contribution in [2.45, 2.75) is 4.90 Å². The molecule has 0 saturated heterocycles. The summed E-state index contributed by atoms with van der Waals surface area (Å²) in [6.07, 6.45) is 0. The lowest BCUT2D eigenvalue weighted by Crippen LogP contribution is -1.89. The number of nitrogens with two attached hydrogens (primary N) is 1. The fourth-order valence-electron chi connectivity index (χ4n) is 2.02. The largest absolute Gasteiger partial charge is 0.496 e. The quantitative estimate of drug-likeness (QED) is 0.434. The molecule has 2 nitrogen and oxygen atoms in total. The van der Waals surface area contributed by atoms with Crippen molar-refractivity contribution in [1.82, 2.24) is 0 Å². The van der Waals surface area contributed by atoms with Gasteiger partial charge < -0.3 is 10.5 Å². The van der Waals surface area contributed by atoms with Crippen LogP contribution >= 0.6 is 35.8 Å². The van der Waals surface area contributed by atoms with Gasteiger partial charge in [-0.05, 0) is 30.3 Å². The van der Waals surface area contributed by atoms with Crippen LogP contribution in [-0.2, 0) is 0 Å². The number of ether oxygens (including phenoxy) is 1. The molecule has 22 heavy (non-hydrogen) atoms. The first-order valence-electron chi connectivity index (χ1n) is 6.47. The lowest BCUT2D eigenvalue weighted by Gasteiger charge is -2.06. The molecule has 114 valence electrons. The van der Waals surface area contributed by atoms with Crippen molar-refractivity contribution in [1.29, 1.82) is 0 Å². The van der Waals surface area contributed by atoms with Gasteiger partial charge in [-0.15, -0.1) is 12.6 Å². The molecule has 0 aliphatic carbocycles. The van der Waals surface area contributed by atoms with Crippen LogP contribution in [0, 0.1) is 0 Å². The molecule has 0 radical (unpaired) electrons. The molecule has 3 aromatic carbocycles. The molecule has 3 aromatic rings. The Kier molecular flexibility index (Phi) is 5.83. The lowest BCUT2D eigenvalue weighted by molar-refractivity contribution is 0.420. The van der Waals surface area contributed by atoms with Crippen LogP contribution in [0.4, 0.5) is 5.69 Å². The lowest BCUT2D eigenvalue weighted by atomic mass is 10.1. The minimum atomic E-state index is 0.618. The van der Waals surface area contributed by atoms with Gasteiger partial charge in [0.1, 0.15) is 5.75 Å². The fraction of sp³-hybridized carbons (Fsp3) is 0.0588. The Morgan fingerprint density at radius 2 is 1.50 bits per heavy atom. The van der Waals surface area contributed by atoms with Gasteiger partial charge in [0, 0.05) is 31.4 Å². The number of methoxy groups -OCH3 is 1. The SMILES string of the molecule is COc1cccc2c(N)cccc12.Sc1cc(Cl)cc(Cl)c1. The van der Waals surface area contributed by atoms with E-state index in [2.05, 4.69) is 12.6 Å². The Morgan fingerprint density at radius 3 is 2.09 bits per heavy atom. The van der Waals surface area contributed by atoms with Gasteiger partial charge in [0.15, 0.2) is 0 Å². The Hall–Kier alpha value is -1.55. The Morgan fingerprint density at radius 1 is 0.909 bits per heavy atom. The molecule has 3 rings (SSSR count). The van der Waals surface area contributed by atoms with Crippen LogP contribution in [0.25, 0.3) is 10.8 Å². The summed E-state index contributed by atoms with van der Waals surface area (Å²) in [5.41, 5.74) is 6.61. The van der Waals surface area contributed by atoms with Gasteiger partial charge >= 0.3 is 0 Å². The summed E-state index contributed by atoms with van der Waals surface area (Å²) in [5.74, 6) is 0.866. The molecule has 0 fully saturated rings. The molecule has 0 spiro atoms. The molecular formula is C17H15Cl2NOS. The summed E-state index contributed by atoms with van der Waals surface area (Å²) in [7, 11) is 1.66. The summed E-state index contributed by atoms with van der Waals surface area (Å²) in [4.78, 5) is 0.785. The summed E-state index contributed by atoms with van der Waals surface area (Å²) in [6, 6.07) is 16.8. The van der Waals surface area contributed by atoms with E-state index in [4.69, 9.17) is 33.7 Å². The highest BCUT2D eigenvalue weighted by Crippen LogP contribution is 2.28. The highest BCUT2D eigenvalue weighted by molar-refractivity contribution is 7.80. The summed E-state index contributed by atoms with van der Waals surface area (Å²) in [5, 5.41) is 3.34. The van der Waals surface area contributed by atoms with Crippen LogP contribution in [0.3, 0.4) is 0 Å². The predicted octanol–water partition coefficient (Wildman–Crippen LogP) is 5.71. The molecular weight excluding hydrogens is 337 g/mol. The molecule has 0 aliphatic heterocycles. The van der Waals surface area contributed by atoms with Crippen molar-refractivity contribution in [2.24, 2.45) is 0 Å². The second kappa shape index (κ2) is 7.63. The molecule has 2 N–H and O–H groups in total. The van der Waals surface area contributed by atoms with Crippen molar-refractivity contribution in [2.75, 3.05) is 12.8 Å². The first-order chi connectivity index (χ1) is 10.5. The minimum Gasteiger partial charge on any atom is -0.496 e. The van der Waals surface area contributed by atoms with Gasteiger partial charge in [-0.25, -0.2) is 0 Å². The molecule has 0 aromatic heterocycles. The number of rotatable bonds is 1. The maximum atomic E-state index is 5.82. The van der Waals surface area contributed by atoms with Crippen molar-refractivity contribution < 1.29 is 4.74 Å². The van der Waals surface area contributed by atoms with E-state index < -0.39 is 0 Å². The standard InChI is InChI=1S/C11H11NO.C6H4Cl2S/c1-13-11-7-3-4-8-9(11)5-2-6-10(8)12;7-4-1-5(8)3-6(9)2-4/h2-7H,12H2,1H3;1-3,9H. The average Bonchev–Trinajstić information content (AvgIpc) is 2.46. The van der Waals surface area contributed by atoms with E-state index in [0.717, 1.165) is 27.1 Å². The highest BCUT2D eigenvalue weighted by Gasteiger charge is 2.01. The molecule has 0 unspecified atom stereocenters. The Labute approximate surface area is 145 Å². The number of benzene rings is 3. The van der Waals surface area contributed by atoms with Gasteiger partial charge in [0.2, 0.25) is 0 Å². The second-order valence-electron chi connectivity index (χ2n) is 4.53. The molecule has 0 atom stereocenters. The smallest absolute Gasteiger partial charge is 0.126 e. The maximum absolute atomic E-state index is 5.82. The first-order valence-corrected chi connectivity index (χ1v) is 7.68. The summed E-state index contributed by atoms with van der Waals surface area (Å²) >= 11 is 15.3. The fourth-order valence-corrected chi connectivity index (χ4v) is 2.98. The van der Waals surface area contributed by atoms with E-state index in [1.807, 2.05) is 36.4 Å². The average molecular weight is 352 g/mol. The van der Waals surface area contributed by atoms with Gasteiger partial charge in [0.25, 0.3) is 0 Å². The van der Waals surface area contributed by atoms with Crippen molar-refractivity contribution >= 4 is 52.3 Å². The summed E-state index contributed by atoms with van der Waals surface area (Å²) in [6.45, 7) is 0. The number of nitrogen functional groups attached to an aromatic ring is 1. The molecule has 5 heteroatoms. The number of hydrogen-bond acceptors (Lipinski definition) is 3. The van der Waals surface area contributed by atoms with Crippen LogP contribution in [0.15, 0.2) is 59.5 Å². The Balaban J connectivity index is 0.000000172. The zero-order chi connectivity index (χ0) is 16.1. The third-order valence-corrected chi connectivity index (χ3v) is 3.68. The third-order valence-electron chi connectivity index (χ3n) is 2.98. The number of fused-ring (bicyclic) bond motifs is 1. The number of hydrogen-bond donors (Lipinski definition) is 2. The van der Waals surface area contributed by atoms with Gasteiger partial charge in [0.05, 0.1) is 7.11 Å². The van der Waals surface area contributed by atoms with E-state index in [1.165, 1.54) is 0 Å². The third kappa shape index (κ3) is 4.23. The molecule has 0 bridgehead atoms. The van der Waals surface area contributed by atoms with Crippen LogP contribution < -0.4 is 10.5 Å². The maximum Gasteiger partial charge on any atom is 0.126 e. The minimum absolute atomic E-state index is 0.618. The normalized spacial score (nSPS) is 10.0. The van der Waals surface area contributed by atoms with E-state index in [1.54, 1.807) is 25.3 Å². The molecule has 0 aliphatic rings. The molecule has 0 heterocycles. The van der Waals surface area contributed by atoms with Gasteiger partial charge in [-0.1, -0.05) is 47.5 Å². The number of thiol groups is 1. The van der Waals surface area contributed by atoms with Gasteiger partial charge in [-0.3, -0.25) is 0 Å². The summed E-state index contributed by atoms with van der Waals surface area (Å²) < 4.78 is 5.23. The highest BCUT2D eigenvalue weighted by atomic mass is 35.5. The molecule has 0 saturated carbocycles. The topological polar surface area (TPSA) is 35.2 Å². The van der Waals surface area contributed by atoms with Crippen molar-refractivity contribution in [3.8, 4) is 5.75 Å². The van der Waals surface area contributed by atoms with Gasteiger partial charge in [-0.2, -0.15) is 0 Å². The van der Waals surface area contributed by atoms with Crippen LogP contribution in [-0.4, -0.2) is 7.11 Å².